The number of carbonyl (C=O) groups excluding carboxylic acids is 1. The molecule has 148 valence electrons. The van der Waals surface area contributed by atoms with Crippen LogP contribution in [-0.4, -0.2) is 17.7 Å². The molecule has 0 unspecified atom stereocenters. The summed E-state index contributed by atoms with van der Waals surface area (Å²) in [4.78, 5) is 18.0. The van der Waals surface area contributed by atoms with Crippen molar-refractivity contribution in [2.45, 2.75) is 13.8 Å². The van der Waals surface area contributed by atoms with Crippen molar-refractivity contribution in [3.05, 3.63) is 83.4 Å². The summed E-state index contributed by atoms with van der Waals surface area (Å²) in [5.41, 5.74) is 5.90. The Morgan fingerprint density at radius 2 is 1.77 bits per heavy atom. The van der Waals surface area contributed by atoms with E-state index < -0.39 is 0 Å². The van der Waals surface area contributed by atoms with Gasteiger partial charge in [0.15, 0.2) is 11.5 Å². The van der Waals surface area contributed by atoms with Gasteiger partial charge < -0.3 is 14.8 Å². The van der Waals surface area contributed by atoms with Crippen LogP contribution in [0.15, 0.2) is 66.7 Å². The minimum Gasteiger partial charge on any atom is -0.454 e. The molecule has 0 saturated carbocycles. The van der Waals surface area contributed by atoms with Crippen molar-refractivity contribution in [3.63, 3.8) is 0 Å². The zero-order chi connectivity index (χ0) is 20.7. The van der Waals surface area contributed by atoms with Crippen molar-refractivity contribution in [2.24, 2.45) is 0 Å². The molecule has 0 radical (unpaired) electrons. The Bertz CT molecular complexity index is 1300. The third kappa shape index (κ3) is 3.24. The van der Waals surface area contributed by atoms with Gasteiger partial charge in [0.2, 0.25) is 6.79 Å². The van der Waals surface area contributed by atoms with Crippen LogP contribution in [0, 0.1) is 13.8 Å². The van der Waals surface area contributed by atoms with E-state index in [9.17, 15) is 4.79 Å². The van der Waals surface area contributed by atoms with Crippen LogP contribution in [0.25, 0.3) is 22.2 Å². The first-order valence-electron chi connectivity index (χ1n) is 9.77. The molecule has 30 heavy (non-hydrogen) atoms. The number of aromatic nitrogens is 1. The molecule has 5 rings (SSSR count). The molecule has 3 aromatic carbocycles. The molecule has 0 aliphatic carbocycles. The second kappa shape index (κ2) is 7.19. The summed E-state index contributed by atoms with van der Waals surface area (Å²) in [5, 5.41) is 3.86. The Kier molecular flexibility index (Phi) is 4.36. The molecule has 0 atom stereocenters. The number of para-hydroxylation sites is 1. The molecule has 5 heteroatoms. The van der Waals surface area contributed by atoms with Crippen LogP contribution in [0.2, 0.25) is 0 Å². The quantitative estimate of drug-likeness (QED) is 0.497. The third-order valence-electron chi connectivity index (χ3n) is 5.26. The smallest absolute Gasteiger partial charge is 0.256 e. The molecule has 1 aromatic heterocycles. The molecule has 0 saturated heterocycles. The van der Waals surface area contributed by atoms with Crippen LogP contribution in [0.5, 0.6) is 11.5 Å². The van der Waals surface area contributed by atoms with E-state index in [-0.39, 0.29) is 12.7 Å². The molecular formula is C25H20N2O3. The summed E-state index contributed by atoms with van der Waals surface area (Å²) in [7, 11) is 0. The summed E-state index contributed by atoms with van der Waals surface area (Å²) >= 11 is 0. The maximum Gasteiger partial charge on any atom is 0.256 e. The van der Waals surface area contributed by atoms with E-state index in [4.69, 9.17) is 14.5 Å². The third-order valence-corrected chi connectivity index (χ3v) is 5.26. The number of aryl methyl sites for hydroxylation is 2. The zero-order valence-electron chi connectivity index (χ0n) is 16.7. The van der Waals surface area contributed by atoms with E-state index in [0.717, 1.165) is 33.3 Å². The lowest BCUT2D eigenvalue weighted by Crippen LogP contribution is -2.14. The molecule has 4 aromatic rings. The highest BCUT2D eigenvalue weighted by molar-refractivity contribution is 6.13. The Morgan fingerprint density at radius 1 is 0.933 bits per heavy atom. The number of hydrogen-bond acceptors (Lipinski definition) is 4. The lowest BCUT2D eigenvalue weighted by atomic mass is 10.0. The Labute approximate surface area is 174 Å². The number of hydrogen-bond donors (Lipinski definition) is 1. The van der Waals surface area contributed by atoms with E-state index >= 15 is 0 Å². The van der Waals surface area contributed by atoms with Crippen LogP contribution >= 0.6 is 0 Å². The molecule has 0 fully saturated rings. The van der Waals surface area contributed by atoms with Gasteiger partial charge in [-0.1, -0.05) is 35.9 Å². The van der Waals surface area contributed by atoms with Crippen LogP contribution in [-0.2, 0) is 0 Å². The summed E-state index contributed by atoms with van der Waals surface area (Å²) in [6, 6.07) is 21.2. The number of benzene rings is 3. The average Bonchev–Trinajstić information content (AvgIpc) is 3.22. The number of carbonyl (C=O) groups is 1. The first-order valence-corrected chi connectivity index (χ1v) is 9.77. The summed E-state index contributed by atoms with van der Waals surface area (Å²) in [6.07, 6.45) is 0. The van der Waals surface area contributed by atoms with Crippen molar-refractivity contribution in [3.8, 4) is 22.8 Å². The molecule has 1 aliphatic heterocycles. The van der Waals surface area contributed by atoms with Crippen molar-refractivity contribution < 1.29 is 14.3 Å². The van der Waals surface area contributed by atoms with Crippen LogP contribution < -0.4 is 14.8 Å². The minimum atomic E-state index is -0.164. The lowest BCUT2D eigenvalue weighted by molar-refractivity contribution is 0.102. The number of amides is 1. The highest BCUT2D eigenvalue weighted by Crippen LogP contribution is 2.36. The zero-order valence-corrected chi connectivity index (χ0v) is 16.7. The second-order valence-corrected chi connectivity index (χ2v) is 7.41. The van der Waals surface area contributed by atoms with E-state index in [1.165, 1.54) is 0 Å². The van der Waals surface area contributed by atoms with E-state index in [2.05, 4.69) is 11.4 Å². The van der Waals surface area contributed by atoms with Crippen LogP contribution in [0.3, 0.4) is 0 Å². The Hall–Kier alpha value is -3.86. The molecule has 1 N–H and O–H groups in total. The molecule has 1 aliphatic rings. The number of anilines is 1. The van der Waals surface area contributed by atoms with Gasteiger partial charge in [0.1, 0.15) is 0 Å². The number of nitrogens with zero attached hydrogens (tertiary/aromatic N) is 1. The van der Waals surface area contributed by atoms with Crippen molar-refractivity contribution in [1.29, 1.82) is 0 Å². The molecule has 0 spiro atoms. The topological polar surface area (TPSA) is 60.5 Å². The maximum atomic E-state index is 13.3. The normalized spacial score (nSPS) is 12.2. The highest BCUT2D eigenvalue weighted by Gasteiger charge is 2.18. The van der Waals surface area contributed by atoms with Gasteiger partial charge in [0, 0.05) is 16.6 Å². The van der Waals surface area contributed by atoms with E-state index in [0.29, 0.717) is 22.8 Å². The first kappa shape index (κ1) is 18.2. The number of fused-ring (bicyclic) bond motifs is 2. The van der Waals surface area contributed by atoms with Gasteiger partial charge in [-0.15, -0.1) is 0 Å². The summed E-state index contributed by atoms with van der Waals surface area (Å²) < 4.78 is 10.9. The molecular weight excluding hydrogens is 376 g/mol. The summed E-state index contributed by atoms with van der Waals surface area (Å²) in [6.45, 7) is 4.24. The Balaban J connectivity index is 1.59. The van der Waals surface area contributed by atoms with Crippen molar-refractivity contribution in [2.75, 3.05) is 12.1 Å². The largest absolute Gasteiger partial charge is 0.454 e. The summed E-state index contributed by atoms with van der Waals surface area (Å²) in [5.74, 6) is 1.23. The Morgan fingerprint density at radius 3 is 2.63 bits per heavy atom. The molecule has 2 heterocycles. The number of pyridine rings is 1. The predicted molar refractivity (Wildman–Crippen MR) is 117 cm³/mol. The van der Waals surface area contributed by atoms with Gasteiger partial charge in [-0.25, -0.2) is 4.98 Å². The van der Waals surface area contributed by atoms with Gasteiger partial charge in [0.05, 0.1) is 16.8 Å². The number of nitrogens with one attached hydrogen (secondary N) is 1. The fourth-order valence-corrected chi connectivity index (χ4v) is 3.71. The highest BCUT2D eigenvalue weighted by atomic mass is 16.7. The fraction of sp³-hybridized carbons (Fsp3) is 0.120. The van der Waals surface area contributed by atoms with Gasteiger partial charge in [0.25, 0.3) is 5.91 Å². The predicted octanol–water partition coefficient (Wildman–Crippen LogP) is 5.50. The number of rotatable bonds is 3. The fourth-order valence-electron chi connectivity index (χ4n) is 3.71. The van der Waals surface area contributed by atoms with Crippen molar-refractivity contribution in [1.82, 2.24) is 4.98 Å². The van der Waals surface area contributed by atoms with Crippen LogP contribution in [0.1, 0.15) is 21.5 Å². The van der Waals surface area contributed by atoms with E-state index in [1.807, 2.05) is 74.5 Å². The van der Waals surface area contributed by atoms with Gasteiger partial charge >= 0.3 is 0 Å². The average molecular weight is 396 g/mol. The van der Waals surface area contributed by atoms with Crippen LogP contribution in [0.4, 0.5) is 5.69 Å². The van der Waals surface area contributed by atoms with Gasteiger partial charge in [-0.05, 0) is 55.8 Å². The van der Waals surface area contributed by atoms with Gasteiger partial charge in [-0.3, -0.25) is 4.79 Å². The molecule has 5 nitrogen and oxygen atoms in total. The minimum absolute atomic E-state index is 0.164. The SMILES string of the molecule is Cc1ccc(NC(=O)c2cc(-c3ccc4c(c3)OCO4)nc3ccccc23)c(C)c1. The maximum absolute atomic E-state index is 13.3. The van der Waals surface area contributed by atoms with Crippen molar-refractivity contribution >= 4 is 22.5 Å². The van der Waals surface area contributed by atoms with E-state index in [1.54, 1.807) is 0 Å². The molecule has 1 amide bonds. The number of ether oxygens (including phenoxy) is 2. The second-order valence-electron chi connectivity index (χ2n) is 7.41. The molecule has 0 bridgehead atoms. The standard InChI is InChI=1S/C25H20N2O3/c1-15-7-9-20(16(2)11-15)27-25(28)19-13-22(26-21-6-4-3-5-18(19)21)17-8-10-23-24(12-17)30-14-29-23/h3-13H,14H2,1-2H3,(H,27,28). The first-order chi connectivity index (χ1) is 14.6. The monoisotopic (exact) mass is 396 g/mol. The lowest BCUT2D eigenvalue weighted by Gasteiger charge is -2.12. The van der Waals surface area contributed by atoms with Gasteiger partial charge in [-0.2, -0.15) is 0 Å².